The third-order valence-electron chi connectivity index (χ3n) is 2.67. The van der Waals surface area contributed by atoms with Crippen molar-refractivity contribution in [3.05, 3.63) is 42.2 Å². The molecule has 100 valence electrons. The van der Waals surface area contributed by atoms with Gasteiger partial charge in [0.2, 0.25) is 11.8 Å². The van der Waals surface area contributed by atoms with Crippen LogP contribution < -0.4 is 15.2 Å². The number of nitrogens with two attached hydrogens (primary N) is 1. The first-order chi connectivity index (χ1) is 9.29. The summed E-state index contributed by atoms with van der Waals surface area (Å²) in [5.74, 6) is 0.924. The van der Waals surface area contributed by atoms with Gasteiger partial charge in [0.1, 0.15) is 0 Å². The van der Waals surface area contributed by atoms with Crippen molar-refractivity contribution in [2.24, 2.45) is 0 Å². The normalized spacial score (nSPS) is 10.2. The molecule has 2 aromatic rings. The first-order valence-electron chi connectivity index (χ1n) is 6.12. The quantitative estimate of drug-likeness (QED) is 0.804. The highest BCUT2D eigenvalue weighted by atomic mass is 16.5. The fourth-order valence-corrected chi connectivity index (χ4v) is 1.66. The zero-order chi connectivity index (χ0) is 13.5. The van der Waals surface area contributed by atoms with Gasteiger partial charge in [-0.3, -0.25) is 4.98 Å². The number of aromatic nitrogens is 2. The minimum atomic E-state index is 0.425. The lowest BCUT2D eigenvalue weighted by molar-refractivity contribution is 0.294. The van der Waals surface area contributed by atoms with Gasteiger partial charge in [-0.05, 0) is 36.6 Å². The molecule has 0 radical (unpaired) electrons. The van der Waals surface area contributed by atoms with Crippen LogP contribution in [0.4, 0.5) is 5.69 Å². The summed E-state index contributed by atoms with van der Waals surface area (Å²) >= 11 is 0. The Bertz CT molecular complexity index is 517. The molecular formula is C14H17N3O2. The molecule has 0 saturated heterocycles. The Labute approximate surface area is 112 Å². The van der Waals surface area contributed by atoms with E-state index in [1.807, 2.05) is 12.1 Å². The number of pyridine rings is 2. The third kappa shape index (κ3) is 3.84. The maximum absolute atomic E-state index is 5.79. The van der Waals surface area contributed by atoms with Crippen molar-refractivity contribution in [1.29, 1.82) is 0 Å². The number of aryl methyl sites for hydroxylation is 1. The van der Waals surface area contributed by atoms with Crippen LogP contribution in [0.15, 0.2) is 36.7 Å². The lowest BCUT2D eigenvalue weighted by atomic mass is 10.1. The molecule has 0 aliphatic carbocycles. The van der Waals surface area contributed by atoms with Gasteiger partial charge in [0, 0.05) is 18.5 Å². The molecule has 0 fully saturated rings. The number of ether oxygens (including phenoxy) is 2. The zero-order valence-corrected chi connectivity index (χ0v) is 10.9. The highest BCUT2D eigenvalue weighted by Crippen LogP contribution is 2.22. The lowest BCUT2D eigenvalue weighted by Gasteiger charge is -2.09. The van der Waals surface area contributed by atoms with Gasteiger partial charge in [-0.1, -0.05) is 0 Å². The Morgan fingerprint density at radius 2 is 1.95 bits per heavy atom. The molecule has 5 nitrogen and oxygen atoms in total. The Kier molecular flexibility index (Phi) is 4.55. The topological polar surface area (TPSA) is 70.3 Å². The molecule has 2 N–H and O–H groups in total. The summed E-state index contributed by atoms with van der Waals surface area (Å²) in [6.07, 6.45) is 5.41. The van der Waals surface area contributed by atoms with Crippen molar-refractivity contribution in [1.82, 2.24) is 9.97 Å². The number of methoxy groups -OCH3 is 1. The molecule has 0 bridgehead atoms. The molecule has 0 aliphatic heterocycles. The van der Waals surface area contributed by atoms with E-state index in [2.05, 4.69) is 9.97 Å². The number of hydrogen-bond acceptors (Lipinski definition) is 5. The van der Waals surface area contributed by atoms with Gasteiger partial charge in [-0.2, -0.15) is 4.98 Å². The summed E-state index contributed by atoms with van der Waals surface area (Å²) in [6.45, 7) is 0.562. The third-order valence-corrected chi connectivity index (χ3v) is 2.67. The van der Waals surface area contributed by atoms with E-state index < -0.39 is 0 Å². The van der Waals surface area contributed by atoms with Crippen molar-refractivity contribution in [2.75, 3.05) is 19.5 Å². The molecule has 19 heavy (non-hydrogen) atoms. The van der Waals surface area contributed by atoms with Crippen molar-refractivity contribution >= 4 is 5.69 Å². The second-order valence-electron chi connectivity index (χ2n) is 4.06. The lowest BCUT2D eigenvalue weighted by Crippen LogP contribution is -2.04. The average Bonchev–Trinajstić information content (AvgIpc) is 2.46. The molecule has 0 aromatic carbocycles. The molecule has 5 heteroatoms. The van der Waals surface area contributed by atoms with E-state index in [-0.39, 0.29) is 0 Å². The largest absolute Gasteiger partial charge is 0.481 e. The molecule has 2 heterocycles. The fraction of sp³-hybridized carbons (Fsp3) is 0.286. The molecule has 0 amide bonds. The maximum Gasteiger partial charge on any atom is 0.240 e. The highest BCUT2D eigenvalue weighted by molar-refractivity contribution is 5.49. The molecule has 2 rings (SSSR count). The van der Waals surface area contributed by atoms with Gasteiger partial charge in [0.05, 0.1) is 19.4 Å². The number of nitrogen functional groups attached to an aromatic ring is 1. The summed E-state index contributed by atoms with van der Waals surface area (Å²) in [5, 5.41) is 0. The SMILES string of the molecule is COc1ccc(N)c(OCCCc2ccncc2)n1. The number of nitrogens with zero attached hydrogens (tertiary/aromatic N) is 2. The van der Waals surface area contributed by atoms with Gasteiger partial charge in [-0.25, -0.2) is 0 Å². The Hall–Kier alpha value is -2.30. The van der Waals surface area contributed by atoms with Crippen LogP contribution in [0.1, 0.15) is 12.0 Å². The molecule has 0 saturated carbocycles. The van der Waals surface area contributed by atoms with Gasteiger partial charge >= 0.3 is 0 Å². The summed E-state index contributed by atoms with van der Waals surface area (Å²) in [4.78, 5) is 8.14. The van der Waals surface area contributed by atoms with Crippen molar-refractivity contribution in [2.45, 2.75) is 12.8 Å². The first kappa shape index (κ1) is 13.1. The van der Waals surface area contributed by atoms with Crippen molar-refractivity contribution < 1.29 is 9.47 Å². The first-order valence-corrected chi connectivity index (χ1v) is 6.12. The molecule has 0 unspecified atom stereocenters. The Morgan fingerprint density at radius 1 is 1.16 bits per heavy atom. The highest BCUT2D eigenvalue weighted by Gasteiger charge is 2.04. The molecule has 0 aliphatic rings. The van der Waals surface area contributed by atoms with Crippen molar-refractivity contribution in [3.63, 3.8) is 0 Å². The van der Waals surface area contributed by atoms with Gasteiger partial charge in [0.25, 0.3) is 0 Å². The second-order valence-corrected chi connectivity index (χ2v) is 4.06. The summed E-state index contributed by atoms with van der Waals surface area (Å²) < 4.78 is 10.6. The van der Waals surface area contributed by atoms with Crippen LogP contribution in [-0.4, -0.2) is 23.7 Å². The van der Waals surface area contributed by atoms with E-state index in [1.54, 1.807) is 31.6 Å². The van der Waals surface area contributed by atoms with Crippen LogP contribution in [-0.2, 0) is 6.42 Å². The van der Waals surface area contributed by atoms with Gasteiger partial charge in [0.15, 0.2) is 0 Å². The van der Waals surface area contributed by atoms with E-state index in [0.29, 0.717) is 24.1 Å². The smallest absolute Gasteiger partial charge is 0.240 e. The number of rotatable bonds is 6. The predicted octanol–water partition coefficient (Wildman–Crippen LogP) is 2.08. The zero-order valence-electron chi connectivity index (χ0n) is 10.9. The molecule has 0 spiro atoms. The van der Waals surface area contributed by atoms with E-state index in [0.717, 1.165) is 12.8 Å². The molecule has 0 atom stereocenters. The van der Waals surface area contributed by atoms with Crippen LogP contribution in [0.2, 0.25) is 0 Å². The minimum Gasteiger partial charge on any atom is -0.481 e. The Balaban J connectivity index is 1.82. The summed E-state index contributed by atoms with van der Waals surface area (Å²) in [6, 6.07) is 7.43. The van der Waals surface area contributed by atoms with E-state index in [1.165, 1.54) is 5.56 Å². The van der Waals surface area contributed by atoms with E-state index in [4.69, 9.17) is 15.2 Å². The van der Waals surface area contributed by atoms with Crippen molar-refractivity contribution in [3.8, 4) is 11.8 Å². The number of anilines is 1. The maximum atomic E-state index is 5.79. The van der Waals surface area contributed by atoms with Crippen LogP contribution >= 0.6 is 0 Å². The average molecular weight is 259 g/mol. The Morgan fingerprint density at radius 3 is 2.68 bits per heavy atom. The second kappa shape index (κ2) is 6.58. The van der Waals surface area contributed by atoms with Gasteiger partial charge in [-0.15, -0.1) is 0 Å². The summed E-state index contributed by atoms with van der Waals surface area (Å²) in [7, 11) is 1.56. The predicted molar refractivity (Wildman–Crippen MR) is 73.3 cm³/mol. The van der Waals surface area contributed by atoms with Crippen LogP contribution in [0, 0.1) is 0 Å². The van der Waals surface area contributed by atoms with Gasteiger partial charge < -0.3 is 15.2 Å². The fourth-order valence-electron chi connectivity index (χ4n) is 1.66. The van der Waals surface area contributed by atoms with E-state index >= 15 is 0 Å². The molecular weight excluding hydrogens is 242 g/mol. The van der Waals surface area contributed by atoms with Crippen LogP contribution in [0.25, 0.3) is 0 Å². The van der Waals surface area contributed by atoms with E-state index in [9.17, 15) is 0 Å². The monoisotopic (exact) mass is 259 g/mol. The van der Waals surface area contributed by atoms with Crippen LogP contribution in [0.3, 0.4) is 0 Å². The minimum absolute atomic E-state index is 0.425. The standard InChI is InChI=1S/C14H17N3O2/c1-18-13-5-4-12(15)14(17-13)19-10-2-3-11-6-8-16-9-7-11/h4-9H,2-3,10,15H2,1H3. The number of hydrogen-bond donors (Lipinski definition) is 1. The summed E-state index contributed by atoms with van der Waals surface area (Å²) in [5.41, 5.74) is 7.55. The molecule has 2 aromatic heterocycles. The van der Waals surface area contributed by atoms with Crippen LogP contribution in [0.5, 0.6) is 11.8 Å².